The van der Waals surface area contributed by atoms with Gasteiger partial charge >= 0.3 is 0 Å². The van der Waals surface area contributed by atoms with Crippen LogP contribution in [0.25, 0.3) is 0 Å². The van der Waals surface area contributed by atoms with Crippen molar-refractivity contribution in [1.82, 2.24) is 14.7 Å². The minimum Gasteiger partial charge on any atom is -0.396 e. The average Bonchev–Trinajstić information content (AvgIpc) is 3.52. The summed E-state index contributed by atoms with van der Waals surface area (Å²) in [6.07, 6.45) is 4.47. The van der Waals surface area contributed by atoms with Crippen LogP contribution in [-0.4, -0.2) is 87.6 Å². The predicted octanol–water partition coefficient (Wildman–Crippen LogP) is 2.38. The van der Waals surface area contributed by atoms with Crippen LogP contribution in [0.3, 0.4) is 0 Å². The second kappa shape index (κ2) is 11.2. The van der Waals surface area contributed by atoms with Gasteiger partial charge in [0.2, 0.25) is 17.7 Å². The molecule has 3 saturated heterocycles. The molecule has 4 rings (SSSR count). The molecule has 8 nitrogen and oxygen atoms in total. The van der Waals surface area contributed by atoms with Gasteiger partial charge in [-0.1, -0.05) is 42.5 Å². The van der Waals surface area contributed by atoms with Crippen molar-refractivity contribution in [3.05, 3.63) is 61.2 Å². The van der Waals surface area contributed by atoms with E-state index < -0.39 is 29.6 Å². The van der Waals surface area contributed by atoms with E-state index in [0.29, 0.717) is 38.9 Å². The lowest BCUT2D eigenvalue weighted by atomic mass is 9.70. The summed E-state index contributed by atoms with van der Waals surface area (Å²) in [4.78, 5) is 47.0. The summed E-state index contributed by atoms with van der Waals surface area (Å²) in [5.41, 5.74) is -0.0564. The van der Waals surface area contributed by atoms with Gasteiger partial charge in [0, 0.05) is 38.8 Å². The zero-order valence-electron chi connectivity index (χ0n) is 21.9. The second-order valence-electron chi connectivity index (χ2n) is 10.5. The van der Waals surface area contributed by atoms with Gasteiger partial charge < -0.3 is 24.5 Å². The zero-order chi connectivity index (χ0) is 26.7. The molecule has 200 valence electrons. The molecule has 2 unspecified atom stereocenters. The molecule has 1 spiro atoms. The van der Waals surface area contributed by atoms with Crippen molar-refractivity contribution < 1.29 is 24.2 Å². The predicted molar refractivity (Wildman–Crippen MR) is 140 cm³/mol. The van der Waals surface area contributed by atoms with Gasteiger partial charge in [0.25, 0.3) is 0 Å². The highest BCUT2D eigenvalue weighted by Gasteiger charge is 2.74. The Balaban J connectivity index is 1.69. The fourth-order valence-corrected chi connectivity index (χ4v) is 6.45. The number of aliphatic hydroxyl groups excluding tert-OH is 1. The van der Waals surface area contributed by atoms with Crippen molar-refractivity contribution in [1.29, 1.82) is 0 Å². The minimum atomic E-state index is -1.05. The maximum atomic E-state index is 14.0. The van der Waals surface area contributed by atoms with Gasteiger partial charge in [0.1, 0.15) is 11.6 Å². The van der Waals surface area contributed by atoms with Crippen LogP contribution >= 0.6 is 0 Å². The molecule has 1 N–H and O–H groups in total. The summed E-state index contributed by atoms with van der Waals surface area (Å²) in [6.45, 7) is 12.7. The van der Waals surface area contributed by atoms with Crippen molar-refractivity contribution in [3.8, 4) is 0 Å². The third-order valence-electron chi connectivity index (χ3n) is 7.99. The van der Waals surface area contributed by atoms with Crippen LogP contribution in [0.5, 0.6) is 0 Å². The molecule has 3 amide bonds. The minimum absolute atomic E-state index is 0.0965. The van der Waals surface area contributed by atoms with Crippen molar-refractivity contribution in [2.75, 3.05) is 26.2 Å². The van der Waals surface area contributed by atoms with E-state index in [0.717, 1.165) is 5.56 Å². The number of likely N-dealkylation sites (tertiary alicyclic amines) is 1. The van der Waals surface area contributed by atoms with Gasteiger partial charge in [-0.25, -0.2) is 0 Å². The fourth-order valence-electron chi connectivity index (χ4n) is 6.45. The van der Waals surface area contributed by atoms with Crippen LogP contribution in [-0.2, 0) is 25.7 Å². The lowest BCUT2D eigenvalue weighted by Gasteiger charge is -2.38. The molecule has 2 bridgehead atoms. The summed E-state index contributed by atoms with van der Waals surface area (Å²) in [5, 5.41) is 9.52. The molecule has 1 aromatic carbocycles. The van der Waals surface area contributed by atoms with Gasteiger partial charge in [-0.05, 0) is 38.7 Å². The molecule has 37 heavy (non-hydrogen) atoms. The second-order valence-corrected chi connectivity index (χ2v) is 10.5. The van der Waals surface area contributed by atoms with Gasteiger partial charge in [0.05, 0.1) is 17.9 Å². The number of nitrogens with zero attached hydrogens (tertiary/aromatic N) is 3. The van der Waals surface area contributed by atoms with Crippen molar-refractivity contribution in [3.63, 3.8) is 0 Å². The van der Waals surface area contributed by atoms with Crippen molar-refractivity contribution >= 4 is 17.7 Å². The van der Waals surface area contributed by atoms with E-state index in [4.69, 9.17) is 4.74 Å². The molecule has 3 aliphatic rings. The normalized spacial score (nSPS) is 27.9. The number of aliphatic hydroxyl groups is 1. The average molecular weight is 510 g/mol. The monoisotopic (exact) mass is 509 g/mol. The lowest BCUT2D eigenvalue weighted by Crippen LogP contribution is -2.57. The summed E-state index contributed by atoms with van der Waals surface area (Å²) < 4.78 is 6.55. The lowest BCUT2D eigenvalue weighted by molar-refractivity contribution is -0.149. The van der Waals surface area contributed by atoms with Gasteiger partial charge in [-0.15, -0.1) is 13.2 Å². The van der Waals surface area contributed by atoms with E-state index in [1.807, 2.05) is 44.2 Å². The summed E-state index contributed by atoms with van der Waals surface area (Å²) in [5.74, 6) is -1.95. The Morgan fingerprint density at radius 1 is 1.19 bits per heavy atom. The molecule has 1 aromatic rings. The summed E-state index contributed by atoms with van der Waals surface area (Å²) in [6, 6.07) is 8.80. The number of fused-ring (bicyclic) bond motifs is 1. The largest absolute Gasteiger partial charge is 0.396 e. The third-order valence-corrected chi connectivity index (χ3v) is 7.99. The van der Waals surface area contributed by atoms with Gasteiger partial charge in [0.15, 0.2) is 0 Å². The molecule has 3 aliphatic heterocycles. The number of carbonyl (C=O) groups is 3. The molecule has 3 fully saturated rings. The van der Waals surface area contributed by atoms with E-state index in [1.54, 1.807) is 26.9 Å². The Morgan fingerprint density at radius 2 is 1.89 bits per heavy atom. The highest BCUT2D eigenvalue weighted by atomic mass is 16.5. The van der Waals surface area contributed by atoms with Crippen LogP contribution < -0.4 is 0 Å². The Labute approximate surface area is 219 Å². The van der Waals surface area contributed by atoms with Crippen LogP contribution in [0.1, 0.15) is 38.7 Å². The Kier molecular flexibility index (Phi) is 8.19. The molecular formula is C29H39N3O5. The van der Waals surface area contributed by atoms with E-state index in [2.05, 4.69) is 13.2 Å². The molecule has 0 aliphatic carbocycles. The first-order valence-corrected chi connectivity index (χ1v) is 13.2. The van der Waals surface area contributed by atoms with Crippen LogP contribution in [0.15, 0.2) is 55.6 Å². The fraction of sp³-hybridized carbons (Fsp3) is 0.552. The number of amides is 3. The number of carbonyl (C=O) groups excluding carboxylic acids is 3. The quantitative estimate of drug-likeness (QED) is 0.437. The van der Waals surface area contributed by atoms with Crippen molar-refractivity contribution in [2.45, 2.75) is 63.4 Å². The Morgan fingerprint density at radius 3 is 2.51 bits per heavy atom. The highest BCUT2D eigenvalue weighted by Crippen LogP contribution is 2.59. The third kappa shape index (κ3) is 4.73. The van der Waals surface area contributed by atoms with Crippen LogP contribution in [0.4, 0.5) is 0 Å². The standard InChI is InChI=1S/C29H39N3O5/c1-5-15-30(19-21-11-8-7-9-12-21)26(34)23-22-13-14-29(37-22)24(23)27(35)32(17-10-18-33)25(29)28(36)31(16-6-2)20(3)4/h5-9,11-12,20,22-25,33H,1-2,10,13-19H2,3-4H3/t22-,23+,24-,25?,29?/m0/s1. The summed E-state index contributed by atoms with van der Waals surface area (Å²) >= 11 is 0. The topological polar surface area (TPSA) is 90.4 Å². The molecule has 0 saturated carbocycles. The van der Waals surface area contributed by atoms with E-state index >= 15 is 0 Å². The van der Waals surface area contributed by atoms with Gasteiger partial charge in [-0.2, -0.15) is 0 Å². The van der Waals surface area contributed by atoms with E-state index in [1.165, 1.54) is 0 Å². The first kappa shape index (κ1) is 27.1. The maximum Gasteiger partial charge on any atom is 0.248 e. The smallest absolute Gasteiger partial charge is 0.248 e. The van der Waals surface area contributed by atoms with Crippen molar-refractivity contribution in [2.24, 2.45) is 11.8 Å². The van der Waals surface area contributed by atoms with Crippen LogP contribution in [0, 0.1) is 11.8 Å². The Bertz CT molecular complexity index is 1030. The number of hydrogen-bond donors (Lipinski definition) is 1. The number of benzene rings is 1. The number of rotatable bonds is 12. The molecule has 0 radical (unpaired) electrons. The van der Waals surface area contributed by atoms with E-state index in [-0.39, 0.29) is 36.9 Å². The maximum absolute atomic E-state index is 14.0. The first-order chi connectivity index (χ1) is 17.8. The SMILES string of the molecule is C=CCN(Cc1ccccc1)C(=O)[C@@H]1[C@@H]2CCC3(O2)C(C(=O)N(CC=C)C(C)C)N(CCCO)C(=O)[C@H]13. The van der Waals surface area contributed by atoms with Crippen LogP contribution in [0.2, 0.25) is 0 Å². The van der Waals surface area contributed by atoms with E-state index in [9.17, 15) is 19.5 Å². The molecule has 3 heterocycles. The molecule has 8 heteroatoms. The van der Waals surface area contributed by atoms with Gasteiger partial charge in [-0.3, -0.25) is 14.4 Å². The summed E-state index contributed by atoms with van der Waals surface area (Å²) in [7, 11) is 0. The zero-order valence-corrected chi connectivity index (χ0v) is 21.9. The molecule has 0 aromatic heterocycles. The molecule has 5 atom stereocenters. The first-order valence-electron chi connectivity index (χ1n) is 13.2. The Hall–Kier alpha value is -2.97. The molecular weight excluding hydrogens is 470 g/mol. The highest BCUT2D eigenvalue weighted by molar-refractivity contribution is 5.99. The number of ether oxygens (including phenoxy) is 1. The number of hydrogen-bond acceptors (Lipinski definition) is 5.